The summed E-state index contributed by atoms with van der Waals surface area (Å²) in [4.78, 5) is 2.75. The predicted octanol–water partition coefficient (Wildman–Crippen LogP) is 5.18. The number of nitrogens with one attached hydrogen (secondary N) is 1. The monoisotopic (exact) mass is 372 g/mol. The first-order chi connectivity index (χ1) is 10.8. The molecule has 0 aromatic heterocycles. The van der Waals surface area contributed by atoms with Gasteiger partial charge in [0.05, 0.1) is 0 Å². The molecular formula is C20H34Cl2N2. The van der Waals surface area contributed by atoms with Crippen molar-refractivity contribution in [2.24, 2.45) is 5.92 Å². The van der Waals surface area contributed by atoms with Gasteiger partial charge in [-0.05, 0) is 35.8 Å². The van der Waals surface area contributed by atoms with Crippen molar-refractivity contribution in [2.45, 2.75) is 57.9 Å². The average Bonchev–Trinajstić information content (AvgIpc) is 2.57. The van der Waals surface area contributed by atoms with Crippen LogP contribution in [0, 0.1) is 5.92 Å². The number of nitrogens with zero attached hydrogens (tertiary/aromatic N) is 1. The molecule has 138 valence electrons. The van der Waals surface area contributed by atoms with E-state index in [0.717, 1.165) is 19.0 Å². The normalized spacial score (nSPS) is 21.0. The van der Waals surface area contributed by atoms with Gasteiger partial charge in [0, 0.05) is 32.2 Å². The number of halogens is 2. The van der Waals surface area contributed by atoms with E-state index in [9.17, 15) is 0 Å². The van der Waals surface area contributed by atoms with Gasteiger partial charge in [-0.25, -0.2) is 0 Å². The first-order valence-corrected chi connectivity index (χ1v) is 9.30. The summed E-state index contributed by atoms with van der Waals surface area (Å²) in [6, 6.07) is 10.2. The summed E-state index contributed by atoms with van der Waals surface area (Å²) in [7, 11) is 0. The number of hydrogen-bond donors (Lipinski definition) is 1. The molecule has 1 aromatic carbocycles. The smallest absolute Gasteiger partial charge is 0.0377 e. The molecule has 2 fully saturated rings. The van der Waals surface area contributed by atoms with Crippen molar-refractivity contribution in [3.05, 3.63) is 35.4 Å². The number of benzene rings is 1. The predicted molar refractivity (Wildman–Crippen MR) is 109 cm³/mol. The van der Waals surface area contributed by atoms with Gasteiger partial charge in [-0.15, -0.1) is 24.8 Å². The van der Waals surface area contributed by atoms with Gasteiger partial charge in [0.15, 0.2) is 0 Å². The standard InChI is InChI=1S/C20H32N2.2ClH/c1-16(2)17-8-10-19(11-9-17)20(18-6-4-3-5-7-18)22-14-12-21-13-15-22;;/h8-11,16,18,20-21H,3-7,12-15H2,1-2H3;2*1H/t20-;;/m1../s1. The fourth-order valence-corrected chi connectivity index (χ4v) is 4.27. The molecule has 0 bridgehead atoms. The van der Waals surface area contributed by atoms with Gasteiger partial charge in [-0.3, -0.25) is 4.90 Å². The molecule has 0 spiro atoms. The van der Waals surface area contributed by atoms with Crippen molar-refractivity contribution >= 4 is 24.8 Å². The molecule has 1 aromatic rings. The van der Waals surface area contributed by atoms with E-state index in [1.807, 2.05) is 0 Å². The summed E-state index contributed by atoms with van der Waals surface area (Å²) >= 11 is 0. The number of hydrogen-bond acceptors (Lipinski definition) is 2. The summed E-state index contributed by atoms with van der Waals surface area (Å²) < 4.78 is 0. The molecule has 1 atom stereocenters. The fourth-order valence-electron chi connectivity index (χ4n) is 4.27. The van der Waals surface area contributed by atoms with E-state index in [0.29, 0.717) is 12.0 Å². The van der Waals surface area contributed by atoms with Crippen molar-refractivity contribution in [3.63, 3.8) is 0 Å². The van der Waals surface area contributed by atoms with Crippen molar-refractivity contribution in [1.29, 1.82) is 0 Å². The van der Waals surface area contributed by atoms with Crippen LogP contribution in [0.15, 0.2) is 24.3 Å². The molecule has 1 N–H and O–H groups in total. The maximum atomic E-state index is 3.51. The molecule has 1 aliphatic heterocycles. The van der Waals surface area contributed by atoms with Gasteiger partial charge < -0.3 is 5.32 Å². The Balaban J connectivity index is 0.00000144. The van der Waals surface area contributed by atoms with E-state index in [1.54, 1.807) is 5.56 Å². The Hall–Kier alpha value is -0.280. The third-order valence-corrected chi connectivity index (χ3v) is 5.59. The third kappa shape index (κ3) is 5.36. The lowest BCUT2D eigenvalue weighted by Crippen LogP contribution is -2.47. The van der Waals surface area contributed by atoms with Crippen LogP contribution in [0.5, 0.6) is 0 Å². The number of piperazine rings is 1. The van der Waals surface area contributed by atoms with E-state index in [1.165, 1.54) is 50.8 Å². The summed E-state index contributed by atoms with van der Waals surface area (Å²) in [5.74, 6) is 1.48. The Kier molecular flexibility index (Phi) is 9.66. The zero-order valence-electron chi connectivity index (χ0n) is 15.2. The Morgan fingerprint density at radius 2 is 1.42 bits per heavy atom. The Morgan fingerprint density at radius 1 is 0.875 bits per heavy atom. The van der Waals surface area contributed by atoms with Crippen LogP contribution < -0.4 is 5.32 Å². The Morgan fingerprint density at radius 3 is 1.96 bits per heavy atom. The summed E-state index contributed by atoms with van der Waals surface area (Å²) in [6.07, 6.45) is 7.13. The Labute approximate surface area is 160 Å². The maximum absolute atomic E-state index is 3.51. The molecule has 1 saturated carbocycles. The van der Waals surface area contributed by atoms with E-state index >= 15 is 0 Å². The van der Waals surface area contributed by atoms with Crippen molar-refractivity contribution in [1.82, 2.24) is 10.2 Å². The topological polar surface area (TPSA) is 15.3 Å². The van der Waals surface area contributed by atoms with Crippen LogP contribution in [-0.2, 0) is 0 Å². The molecule has 0 unspecified atom stereocenters. The summed E-state index contributed by atoms with van der Waals surface area (Å²) in [6.45, 7) is 9.26. The van der Waals surface area contributed by atoms with Gasteiger partial charge in [0.25, 0.3) is 0 Å². The van der Waals surface area contributed by atoms with Crippen molar-refractivity contribution in [3.8, 4) is 0 Å². The van der Waals surface area contributed by atoms with Crippen molar-refractivity contribution < 1.29 is 0 Å². The Bertz CT molecular complexity index is 431. The molecular weight excluding hydrogens is 339 g/mol. The first-order valence-electron chi connectivity index (χ1n) is 9.30. The molecule has 3 rings (SSSR count). The molecule has 1 heterocycles. The lowest BCUT2D eigenvalue weighted by atomic mass is 9.80. The summed E-state index contributed by atoms with van der Waals surface area (Å²) in [5.41, 5.74) is 3.02. The van der Waals surface area contributed by atoms with Crippen LogP contribution in [-0.4, -0.2) is 31.1 Å². The SMILES string of the molecule is CC(C)c1ccc([C@@H](C2CCCCC2)N2CCNCC2)cc1.Cl.Cl. The minimum Gasteiger partial charge on any atom is -0.314 e. The molecule has 1 saturated heterocycles. The second kappa shape index (κ2) is 10.7. The van der Waals surface area contributed by atoms with Gasteiger partial charge in [-0.2, -0.15) is 0 Å². The molecule has 4 heteroatoms. The molecule has 2 aliphatic rings. The largest absolute Gasteiger partial charge is 0.314 e. The van der Waals surface area contributed by atoms with Crippen LogP contribution in [0.3, 0.4) is 0 Å². The second-order valence-electron chi connectivity index (χ2n) is 7.45. The molecule has 2 nitrogen and oxygen atoms in total. The molecule has 0 radical (unpaired) electrons. The highest BCUT2D eigenvalue weighted by atomic mass is 35.5. The van der Waals surface area contributed by atoms with Gasteiger partial charge in [0.2, 0.25) is 0 Å². The summed E-state index contributed by atoms with van der Waals surface area (Å²) in [5, 5.41) is 3.51. The van der Waals surface area contributed by atoms with Crippen LogP contribution >= 0.6 is 24.8 Å². The lowest BCUT2D eigenvalue weighted by molar-refractivity contribution is 0.103. The van der Waals surface area contributed by atoms with Crippen LogP contribution in [0.1, 0.15) is 69.0 Å². The van der Waals surface area contributed by atoms with Gasteiger partial charge in [0.1, 0.15) is 0 Å². The van der Waals surface area contributed by atoms with Crippen LogP contribution in [0.25, 0.3) is 0 Å². The highest BCUT2D eigenvalue weighted by Gasteiger charge is 2.30. The zero-order chi connectivity index (χ0) is 15.4. The lowest BCUT2D eigenvalue weighted by Gasteiger charge is -2.41. The maximum Gasteiger partial charge on any atom is 0.0377 e. The zero-order valence-corrected chi connectivity index (χ0v) is 16.8. The minimum absolute atomic E-state index is 0. The van der Waals surface area contributed by atoms with E-state index in [4.69, 9.17) is 0 Å². The van der Waals surface area contributed by atoms with Gasteiger partial charge in [-0.1, -0.05) is 57.4 Å². The molecule has 24 heavy (non-hydrogen) atoms. The highest BCUT2D eigenvalue weighted by Crippen LogP contribution is 2.38. The highest BCUT2D eigenvalue weighted by molar-refractivity contribution is 5.85. The fraction of sp³-hybridized carbons (Fsp3) is 0.700. The first kappa shape index (κ1) is 21.8. The van der Waals surface area contributed by atoms with Gasteiger partial charge >= 0.3 is 0 Å². The number of rotatable bonds is 4. The molecule has 0 amide bonds. The average molecular weight is 373 g/mol. The molecule has 1 aliphatic carbocycles. The quantitative estimate of drug-likeness (QED) is 0.782. The van der Waals surface area contributed by atoms with E-state index in [-0.39, 0.29) is 24.8 Å². The van der Waals surface area contributed by atoms with E-state index in [2.05, 4.69) is 48.3 Å². The van der Waals surface area contributed by atoms with Crippen molar-refractivity contribution in [2.75, 3.05) is 26.2 Å². The second-order valence-corrected chi connectivity index (χ2v) is 7.45. The third-order valence-electron chi connectivity index (χ3n) is 5.59. The minimum atomic E-state index is 0. The van der Waals surface area contributed by atoms with Crippen LogP contribution in [0.2, 0.25) is 0 Å². The van der Waals surface area contributed by atoms with Crippen LogP contribution in [0.4, 0.5) is 0 Å². The van der Waals surface area contributed by atoms with E-state index < -0.39 is 0 Å².